The molecule has 0 aliphatic heterocycles. The van der Waals surface area contributed by atoms with Gasteiger partial charge in [0.2, 0.25) is 11.8 Å². The highest BCUT2D eigenvalue weighted by molar-refractivity contribution is 5.94. The molecule has 25 heavy (non-hydrogen) atoms. The molecule has 2 aromatic rings. The topological polar surface area (TPSA) is 84.2 Å². The van der Waals surface area contributed by atoms with Crippen LogP contribution in [0.2, 0.25) is 0 Å². The minimum atomic E-state index is -0.372. The molecule has 0 saturated carbocycles. The maximum absolute atomic E-state index is 12.4. The van der Waals surface area contributed by atoms with Crippen LogP contribution in [0.1, 0.15) is 32.4 Å². The van der Waals surface area contributed by atoms with E-state index in [1.807, 2.05) is 51.1 Å². The lowest BCUT2D eigenvalue weighted by molar-refractivity contribution is -0.120. The van der Waals surface area contributed by atoms with Gasteiger partial charge < -0.3 is 16.4 Å². The van der Waals surface area contributed by atoms with E-state index in [0.717, 1.165) is 5.56 Å². The summed E-state index contributed by atoms with van der Waals surface area (Å²) in [5.41, 5.74) is 8.49. The molecule has 5 heteroatoms. The average Bonchev–Trinajstić information content (AvgIpc) is 2.62. The zero-order valence-corrected chi connectivity index (χ0v) is 14.8. The van der Waals surface area contributed by atoms with E-state index in [4.69, 9.17) is 5.73 Å². The number of carbonyl (C=O) groups is 2. The molecular formula is C20H25N3O2. The fourth-order valence-electron chi connectivity index (χ4n) is 2.31. The molecule has 0 spiro atoms. The van der Waals surface area contributed by atoms with Crippen molar-refractivity contribution in [2.45, 2.75) is 26.8 Å². The number of hydrogen-bond acceptors (Lipinski definition) is 3. The third-order valence-electron chi connectivity index (χ3n) is 4.08. The Morgan fingerprint density at radius 1 is 0.800 bits per heavy atom. The van der Waals surface area contributed by atoms with Crippen molar-refractivity contribution >= 4 is 23.2 Å². The van der Waals surface area contributed by atoms with E-state index in [1.54, 1.807) is 24.3 Å². The summed E-state index contributed by atoms with van der Waals surface area (Å²) < 4.78 is 0. The van der Waals surface area contributed by atoms with Crippen molar-refractivity contribution in [1.29, 1.82) is 0 Å². The normalized spacial score (nSPS) is 13.2. The minimum absolute atomic E-state index is 0.0424. The van der Waals surface area contributed by atoms with E-state index < -0.39 is 0 Å². The van der Waals surface area contributed by atoms with E-state index in [1.165, 1.54) is 0 Å². The molecule has 0 fully saturated rings. The molecule has 0 heterocycles. The van der Waals surface area contributed by atoms with Crippen LogP contribution in [0.25, 0.3) is 0 Å². The number of benzene rings is 2. The molecule has 2 unspecified atom stereocenters. The van der Waals surface area contributed by atoms with Gasteiger partial charge in [-0.2, -0.15) is 0 Å². The number of carbonyl (C=O) groups excluding carboxylic acids is 2. The predicted octanol–water partition coefficient (Wildman–Crippen LogP) is 3.56. The molecule has 5 nitrogen and oxygen atoms in total. The van der Waals surface area contributed by atoms with Crippen LogP contribution >= 0.6 is 0 Å². The van der Waals surface area contributed by atoms with E-state index in [0.29, 0.717) is 11.4 Å². The molecular weight excluding hydrogens is 314 g/mol. The predicted molar refractivity (Wildman–Crippen MR) is 101 cm³/mol. The first-order valence-corrected chi connectivity index (χ1v) is 8.41. The number of nitrogens with two attached hydrogens (primary N) is 1. The highest BCUT2D eigenvalue weighted by Crippen LogP contribution is 2.21. The summed E-state index contributed by atoms with van der Waals surface area (Å²) in [6, 6.07) is 16.2. The second-order valence-corrected chi connectivity index (χ2v) is 6.44. The van der Waals surface area contributed by atoms with Gasteiger partial charge in [0.05, 0.1) is 5.92 Å². The Balaban J connectivity index is 1.97. The Bertz CT molecular complexity index is 711. The summed E-state index contributed by atoms with van der Waals surface area (Å²) in [6.07, 6.45) is 0. The Kier molecular flexibility index (Phi) is 6.31. The molecule has 0 bridgehead atoms. The van der Waals surface area contributed by atoms with E-state index in [9.17, 15) is 9.59 Å². The summed E-state index contributed by atoms with van der Waals surface area (Å²) in [5, 5.41) is 5.68. The van der Waals surface area contributed by atoms with Crippen LogP contribution < -0.4 is 16.4 Å². The second-order valence-electron chi connectivity index (χ2n) is 6.44. The maximum Gasteiger partial charge on any atom is 0.229 e. The van der Waals surface area contributed by atoms with Crippen LogP contribution in [-0.2, 0) is 9.59 Å². The van der Waals surface area contributed by atoms with E-state index >= 15 is 0 Å². The molecule has 0 aliphatic carbocycles. The number of amides is 2. The van der Waals surface area contributed by atoms with Crippen LogP contribution in [0, 0.1) is 11.8 Å². The van der Waals surface area contributed by atoms with Crippen molar-refractivity contribution in [3.8, 4) is 0 Å². The fraction of sp³-hybridized carbons (Fsp3) is 0.300. The first-order chi connectivity index (χ1) is 11.9. The van der Waals surface area contributed by atoms with Crippen molar-refractivity contribution in [2.24, 2.45) is 17.6 Å². The molecule has 2 aromatic carbocycles. The van der Waals surface area contributed by atoms with Crippen LogP contribution in [0.3, 0.4) is 0 Å². The summed E-state index contributed by atoms with van der Waals surface area (Å²) in [4.78, 5) is 24.1. The third-order valence-corrected chi connectivity index (χ3v) is 4.08. The Labute approximate surface area is 148 Å². The molecule has 4 N–H and O–H groups in total. The van der Waals surface area contributed by atoms with Crippen LogP contribution in [-0.4, -0.2) is 11.8 Å². The first-order valence-electron chi connectivity index (χ1n) is 8.41. The summed E-state index contributed by atoms with van der Waals surface area (Å²) in [7, 11) is 0. The Morgan fingerprint density at radius 2 is 1.28 bits per heavy atom. The average molecular weight is 339 g/mol. The highest BCUT2D eigenvalue weighted by Gasteiger charge is 2.22. The molecule has 0 radical (unpaired) electrons. The Hall–Kier alpha value is -2.66. The zero-order valence-electron chi connectivity index (χ0n) is 14.8. The van der Waals surface area contributed by atoms with Crippen molar-refractivity contribution in [2.75, 3.05) is 10.6 Å². The van der Waals surface area contributed by atoms with E-state index in [-0.39, 0.29) is 29.7 Å². The molecule has 0 aliphatic rings. The van der Waals surface area contributed by atoms with Gasteiger partial charge in [-0.1, -0.05) is 51.1 Å². The molecule has 0 saturated heterocycles. The highest BCUT2D eigenvalue weighted by atomic mass is 16.2. The summed E-state index contributed by atoms with van der Waals surface area (Å²) >= 11 is 0. The van der Waals surface area contributed by atoms with E-state index in [2.05, 4.69) is 10.6 Å². The van der Waals surface area contributed by atoms with Crippen LogP contribution in [0.4, 0.5) is 11.4 Å². The minimum Gasteiger partial charge on any atom is -0.326 e. The molecule has 2 amide bonds. The lowest BCUT2D eigenvalue weighted by Crippen LogP contribution is -2.30. The molecule has 2 rings (SSSR count). The quantitative estimate of drug-likeness (QED) is 0.752. The second kappa shape index (κ2) is 8.44. The lowest BCUT2D eigenvalue weighted by atomic mass is 9.94. The van der Waals surface area contributed by atoms with Gasteiger partial charge in [0.15, 0.2) is 0 Å². The Morgan fingerprint density at radius 3 is 1.76 bits per heavy atom. The number of anilines is 2. The molecule has 0 aromatic heterocycles. The fourth-order valence-corrected chi connectivity index (χ4v) is 2.31. The lowest BCUT2D eigenvalue weighted by Gasteiger charge is -2.20. The van der Waals surface area contributed by atoms with Gasteiger partial charge in [-0.15, -0.1) is 0 Å². The van der Waals surface area contributed by atoms with Gasteiger partial charge in [-0.3, -0.25) is 9.59 Å². The van der Waals surface area contributed by atoms with Crippen molar-refractivity contribution < 1.29 is 9.59 Å². The van der Waals surface area contributed by atoms with Crippen LogP contribution in [0.15, 0.2) is 54.6 Å². The van der Waals surface area contributed by atoms with Gasteiger partial charge in [0.1, 0.15) is 0 Å². The van der Waals surface area contributed by atoms with Gasteiger partial charge >= 0.3 is 0 Å². The monoisotopic (exact) mass is 339 g/mol. The van der Waals surface area contributed by atoms with Crippen molar-refractivity contribution in [3.05, 3.63) is 60.2 Å². The first kappa shape index (κ1) is 18.7. The smallest absolute Gasteiger partial charge is 0.229 e. The van der Waals surface area contributed by atoms with Crippen molar-refractivity contribution in [1.82, 2.24) is 0 Å². The standard InChI is InChI=1S/C20H25N3O2/c1-13(2)19(24)22-16-9-11-17(12-10-16)23-20(25)14(3)18(21)15-7-5-4-6-8-15/h4-14,18H,21H2,1-3H3,(H,22,24)(H,23,25). The maximum atomic E-state index is 12.4. The molecule has 2 atom stereocenters. The number of nitrogens with one attached hydrogen (secondary N) is 2. The zero-order chi connectivity index (χ0) is 18.4. The van der Waals surface area contributed by atoms with Crippen molar-refractivity contribution in [3.63, 3.8) is 0 Å². The van der Waals surface area contributed by atoms with Gasteiger partial charge in [-0.05, 0) is 29.8 Å². The van der Waals surface area contributed by atoms with Crippen LogP contribution in [0.5, 0.6) is 0 Å². The van der Waals surface area contributed by atoms with Gasteiger partial charge in [-0.25, -0.2) is 0 Å². The van der Waals surface area contributed by atoms with Gasteiger partial charge in [0.25, 0.3) is 0 Å². The number of hydrogen-bond donors (Lipinski definition) is 3. The summed E-state index contributed by atoms with van der Waals surface area (Å²) in [5.74, 6) is -0.642. The van der Waals surface area contributed by atoms with Gasteiger partial charge in [0, 0.05) is 23.3 Å². The third kappa shape index (κ3) is 5.16. The summed E-state index contributed by atoms with van der Waals surface area (Å²) in [6.45, 7) is 5.48. The largest absolute Gasteiger partial charge is 0.326 e. The number of rotatable bonds is 6. The molecule has 132 valence electrons. The SMILES string of the molecule is CC(C)C(=O)Nc1ccc(NC(=O)C(C)C(N)c2ccccc2)cc1.